The molecule has 2 aliphatic rings. The molecule has 3 amide bonds. The normalized spacial score (nSPS) is 19.2. The summed E-state index contributed by atoms with van der Waals surface area (Å²) in [5.41, 5.74) is 1.05. The highest BCUT2D eigenvalue weighted by Crippen LogP contribution is 2.28. The fourth-order valence-corrected chi connectivity index (χ4v) is 4.11. The van der Waals surface area contributed by atoms with Crippen molar-refractivity contribution < 1.29 is 23.9 Å². The number of likely N-dealkylation sites (tertiary alicyclic amines) is 1. The zero-order chi connectivity index (χ0) is 21.7. The average molecular weight is 418 g/mol. The van der Waals surface area contributed by atoms with E-state index in [0.29, 0.717) is 63.6 Å². The van der Waals surface area contributed by atoms with Crippen LogP contribution in [0.5, 0.6) is 11.5 Å². The van der Waals surface area contributed by atoms with Crippen molar-refractivity contribution in [1.82, 2.24) is 14.7 Å². The van der Waals surface area contributed by atoms with Crippen molar-refractivity contribution in [2.75, 3.05) is 53.5 Å². The third-order valence-corrected chi connectivity index (χ3v) is 5.93. The summed E-state index contributed by atoms with van der Waals surface area (Å²) in [7, 11) is 3.19. The van der Waals surface area contributed by atoms with Crippen LogP contribution in [0.4, 0.5) is 0 Å². The van der Waals surface area contributed by atoms with Gasteiger partial charge in [-0.1, -0.05) is 13.0 Å². The Morgan fingerprint density at radius 1 is 1.03 bits per heavy atom. The number of rotatable bonds is 7. The van der Waals surface area contributed by atoms with Gasteiger partial charge in [-0.15, -0.1) is 0 Å². The Hall–Kier alpha value is -2.77. The quantitative estimate of drug-likeness (QED) is 0.666. The summed E-state index contributed by atoms with van der Waals surface area (Å²) in [6.45, 7) is 5.10. The van der Waals surface area contributed by atoms with E-state index >= 15 is 0 Å². The Kier molecular flexibility index (Phi) is 7.18. The Bertz CT molecular complexity index is 789. The minimum absolute atomic E-state index is 0.0219. The minimum atomic E-state index is -0.295. The molecule has 2 heterocycles. The van der Waals surface area contributed by atoms with Gasteiger partial charge in [0.05, 0.1) is 20.1 Å². The molecule has 2 saturated heterocycles. The fraction of sp³-hybridized carbons (Fsp3) is 0.591. The number of carbonyl (C=O) groups is 3. The van der Waals surface area contributed by atoms with E-state index < -0.39 is 0 Å². The first-order chi connectivity index (χ1) is 14.5. The van der Waals surface area contributed by atoms with E-state index in [2.05, 4.69) is 0 Å². The zero-order valence-corrected chi connectivity index (χ0v) is 18.1. The number of carbonyl (C=O) groups excluding carboxylic acids is 3. The van der Waals surface area contributed by atoms with Gasteiger partial charge < -0.3 is 24.2 Å². The third kappa shape index (κ3) is 4.86. The van der Waals surface area contributed by atoms with Crippen molar-refractivity contribution in [3.05, 3.63) is 23.8 Å². The van der Waals surface area contributed by atoms with E-state index in [0.717, 1.165) is 5.56 Å². The molecule has 1 aromatic rings. The lowest BCUT2D eigenvalue weighted by Gasteiger charge is -2.35. The standard InChI is InChI=1S/C22H31N3O5/c1-4-20(26)23-9-11-24(12-10-23)22(28)17-14-21(27)25(15-17)8-7-16-5-6-18(29-2)19(13-16)30-3/h5-6,13,17H,4,7-12,14-15H2,1-3H3. The molecular formula is C22H31N3O5. The lowest BCUT2D eigenvalue weighted by Crippen LogP contribution is -2.52. The van der Waals surface area contributed by atoms with E-state index in [1.807, 2.05) is 25.1 Å². The molecule has 2 fully saturated rings. The van der Waals surface area contributed by atoms with Crippen LogP contribution < -0.4 is 9.47 Å². The molecular weight excluding hydrogens is 386 g/mol. The molecule has 3 rings (SSSR count). The summed E-state index contributed by atoms with van der Waals surface area (Å²) in [5, 5.41) is 0. The molecule has 0 spiro atoms. The summed E-state index contributed by atoms with van der Waals surface area (Å²) in [6, 6.07) is 5.73. The van der Waals surface area contributed by atoms with Crippen LogP contribution in [-0.2, 0) is 20.8 Å². The highest BCUT2D eigenvalue weighted by Gasteiger charge is 2.37. The zero-order valence-electron chi connectivity index (χ0n) is 18.1. The first-order valence-electron chi connectivity index (χ1n) is 10.5. The highest BCUT2D eigenvalue weighted by atomic mass is 16.5. The van der Waals surface area contributed by atoms with Gasteiger partial charge in [0.25, 0.3) is 0 Å². The fourth-order valence-electron chi connectivity index (χ4n) is 4.11. The molecule has 1 aromatic carbocycles. The second-order valence-electron chi connectivity index (χ2n) is 7.74. The molecule has 0 bridgehead atoms. The summed E-state index contributed by atoms with van der Waals surface area (Å²) < 4.78 is 10.6. The van der Waals surface area contributed by atoms with Gasteiger partial charge in [0, 0.05) is 52.1 Å². The second-order valence-corrected chi connectivity index (χ2v) is 7.74. The van der Waals surface area contributed by atoms with Gasteiger partial charge in [-0.05, 0) is 24.1 Å². The number of piperazine rings is 1. The number of hydrogen-bond donors (Lipinski definition) is 0. The van der Waals surface area contributed by atoms with Crippen LogP contribution in [0.2, 0.25) is 0 Å². The first kappa shape index (κ1) is 21.9. The highest BCUT2D eigenvalue weighted by molar-refractivity contribution is 5.89. The largest absolute Gasteiger partial charge is 0.493 e. The molecule has 0 radical (unpaired) electrons. The molecule has 0 N–H and O–H groups in total. The molecule has 0 saturated carbocycles. The molecule has 8 nitrogen and oxygen atoms in total. The maximum atomic E-state index is 12.9. The molecule has 30 heavy (non-hydrogen) atoms. The van der Waals surface area contributed by atoms with Crippen LogP contribution in [0.15, 0.2) is 18.2 Å². The first-order valence-corrected chi connectivity index (χ1v) is 10.5. The number of methoxy groups -OCH3 is 2. The molecule has 0 aliphatic carbocycles. The SMILES string of the molecule is CCC(=O)N1CCN(C(=O)C2CC(=O)N(CCc3ccc(OC)c(OC)c3)C2)CC1. The van der Waals surface area contributed by atoms with Gasteiger partial charge in [0.15, 0.2) is 11.5 Å². The van der Waals surface area contributed by atoms with E-state index in [1.54, 1.807) is 28.9 Å². The van der Waals surface area contributed by atoms with E-state index in [4.69, 9.17) is 9.47 Å². The molecule has 1 unspecified atom stereocenters. The van der Waals surface area contributed by atoms with Crippen molar-refractivity contribution >= 4 is 17.7 Å². The Morgan fingerprint density at radius 3 is 2.33 bits per heavy atom. The smallest absolute Gasteiger partial charge is 0.228 e. The number of nitrogens with zero attached hydrogens (tertiary/aromatic N) is 3. The van der Waals surface area contributed by atoms with Gasteiger partial charge in [-0.3, -0.25) is 14.4 Å². The van der Waals surface area contributed by atoms with Crippen LogP contribution in [-0.4, -0.2) is 85.9 Å². The van der Waals surface area contributed by atoms with Crippen molar-refractivity contribution in [3.63, 3.8) is 0 Å². The number of amides is 3. The Balaban J connectivity index is 1.51. The van der Waals surface area contributed by atoms with Gasteiger partial charge >= 0.3 is 0 Å². The summed E-state index contributed by atoms with van der Waals surface area (Å²) in [5.74, 6) is 1.21. The predicted molar refractivity (Wildman–Crippen MR) is 111 cm³/mol. The van der Waals surface area contributed by atoms with Crippen molar-refractivity contribution in [1.29, 1.82) is 0 Å². The maximum absolute atomic E-state index is 12.9. The molecule has 164 valence electrons. The minimum Gasteiger partial charge on any atom is -0.493 e. The Labute approximate surface area is 177 Å². The molecule has 2 aliphatic heterocycles. The van der Waals surface area contributed by atoms with Crippen LogP contribution in [0.3, 0.4) is 0 Å². The van der Waals surface area contributed by atoms with E-state index in [1.165, 1.54) is 0 Å². The van der Waals surface area contributed by atoms with Gasteiger partial charge in [0.1, 0.15) is 0 Å². The van der Waals surface area contributed by atoms with E-state index in [9.17, 15) is 14.4 Å². The lowest BCUT2D eigenvalue weighted by atomic mass is 10.1. The lowest BCUT2D eigenvalue weighted by molar-refractivity contribution is -0.141. The van der Waals surface area contributed by atoms with Crippen LogP contribution in [0.25, 0.3) is 0 Å². The van der Waals surface area contributed by atoms with Crippen molar-refractivity contribution in [2.45, 2.75) is 26.2 Å². The van der Waals surface area contributed by atoms with Gasteiger partial charge in [0.2, 0.25) is 17.7 Å². The maximum Gasteiger partial charge on any atom is 0.228 e. The van der Waals surface area contributed by atoms with Gasteiger partial charge in [-0.25, -0.2) is 0 Å². The Morgan fingerprint density at radius 2 is 1.70 bits per heavy atom. The third-order valence-electron chi connectivity index (χ3n) is 5.93. The number of ether oxygens (including phenoxy) is 2. The topological polar surface area (TPSA) is 79.4 Å². The predicted octanol–water partition coefficient (Wildman–Crippen LogP) is 1.18. The van der Waals surface area contributed by atoms with Crippen molar-refractivity contribution in [3.8, 4) is 11.5 Å². The second kappa shape index (κ2) is 9.82. The molecule has 1 atom stereocenters. The summed E-state index contributed by atoms with van der Waals surface area (Å²) in [4.78, 5) is 42.5. The summed E-state index contributed by atoms with van der Waals surface area (Å²) >= 11 is 0. The average Bonchev–Trinajstić information content (AvgIpc) is 3.16. The summed E-state index contributed by atoms with van der Waals surface area (Å²) in [6.07, 6.45) is 1.43. The number of hydrogen-bond acceptors (Lipinski definition) is 5. The van der Waals surface area contributed by atoms with Crippen LogP contribution in [0.1, 0.15) is 25.3 Å². The van der Waals surface area contributed by atoms with Gasteiger partial charge in [-0.2, -0.15) is 0 Å². The van der Waals surface area contributed by atoms with E-state index in [-0.39, 0.29) is 30.1 Å². The number of benzene rings is 1. The monoisotopic (exact) mass is 417 g/mol. The molecule has 8 heteroatoms. The van der Waals surface area contributed by atoms with Crippen LogP contribution in [0, 0.1) is 5.92 Å². The van der Waals surface area contributed by atoms with Crippen LogP contribution >= 0.6 is 0 Å². The molecule has 0 aromatic heterocycles. The van der Waals surface area contributed by atoms with Crippen molar-refractivity contribution in [2.24, 2.45) is 5.92 Å².